The largest absolute Gasteiger partial charge is 0.342 e. The number of rotatable bonds is 9. The summed E-state index contributed by atoms with van der Waals surface area (Å²) in [4.78, 5) is 13.0. The molecule has 0 saturated heterocycles. The van der Waals surface area contributed by atoms with Crippen LogP contribution in [-0.4, -0.2) is 44.6 Å². The van der Waals surface area contributed by atoms with E-state index in [9.17, 15) is 13.2 Å². The Morgan fingerprint density at radius 3 is 2.29 bits per heavy atom. The number of carbonyl (C=O) groups is 1. The molecule has 0 radical (unpaired) electrons. The van der Waals surface area contributed by atoms with Crippen molar-refractivity contribution in [1.29, 1.82) is 0 Å². The minimum Gasteiger partial charge on any atom is -0.342 e. The predicted octanol–water partition coefficient (Wildman–Crippen LogP) is 0.964. The number of hydrogen-bond acceptors (Lipinski definition) is 3. The summed E-state index contributed by atoms with van der Waals surface area (Å²) >= 11 is 0. The SMILES string of the molecule is CCCCCN(CCNS(=O)(=O)CC)C(C)=O. The van der Waals surface area contributed by atoms with Gasteiger partial charge in [0.2, 0.25) is 15.9 Å². The minimum atomic E-state index is -3.15. The first kappa shape index (κ1) is 16.4. The Kier molecular flexibility index (Phi) is 8.16. The molecule has 0 atom stereocenters. The first-order valence-electron chi connectivity index (χ1n) is 6.15. The molecule has 1 N–H and O–H groups in total. The lowest BCUT2D eigenvalue weighted by Gasteiger charge is -2.21. The zero-order valence-corrected chi connectivity index (χ0v) is 11.8. The van der Waals surface area contributed by atoms with E-state index >= 15 is 0 Å². The summed E-state index contributed by atoms with van der Waals surface area (Å²) in [6, 6.07) is 0. The molecule has 0 spiro atoms. The molecule has 0 aromatic heterocycles. The van der Waals surface area contributed by atoms with E-state index in [-0.39, 0.29) is 11.7 Å². The van der Waals surface area contributed by atoms with Crippen LogP contribution < -0.4 is 4.72 Å². The Bertz CT molecular complexity index is 315. The highest BCUT2D eigenvalue weighted by Crippen LogP contribution is 1.98. The highest BCUT2D eigenvalue weighted by molar-refractivity contribution is 7.89. The van der Waals surface area contributed by atoms with E-state index in [0.717, 1.165) is 19.3 Å². The Labute approximate surface area is 105 Å². The number of nitrogens with zero attached hydrogens (tertiary/aromatic N) is 1. The molecule has 0 saturated carbocycles. The van der Waals surface area contributed by atoms with Crippen LogP contribution in [0.25, 0.3) is 0 Å². The molecule has 0 aromatic rings. The van der Waals surface area contributed by atoms with Gasteiger partial charge < -0.3 is 4.90 Å². The summed E-state index contributed by atoms with van der Waals surface area (Å²) in [7, 11) is -3.15. The zero-order chi connectivity index (χ0) is 13.3. The van der Waals surface area contributed by atoms with Crippen molar-refractivity contribution in [1.82, 2.24) is 9.62 Å². The molecule has 6 heteroatoms. The van der Waals surface area contributed by atoms with E-state index in [1.54, 1.807) is 11.8 Å². The van der Waals surface area contributed by atoms with Crippen LogP contribution in [0.15, 0.2) is 0 Å². The van der Waals surface area contributed by atoms with Crippen LogP contribution in [-0.2, 0) is 14.8 Å². The summed E-state index contributed by atoms with van der Waals surface area (Å²) in [5.41, 5.74) is 0. The maximum Gasteiger partial charge on any atom is 0.219 e. The second-order valence-corrected chi connectivity index (χ2v) is 6.11. The summed E-state index contributed by atoms with van der Waals surface area (Å²) in [6.45, 7) is 6.65. The maximum atomic E-state index is 11.3. The fourth-order valence-electron chi connectivity index (χ4n) is 1.42. The molecule has 0 bridgehead atoms. The normalized spacial score (nSPS) is 11.5. The fraction of sp³-hybridized carbons (Fsp3) is 0.909. The third-order valence-corrected chi connectivity index (χ3v) is 3.96. The standard InChI is InChI=1S/C11H24N2O3S/c1-4-6-7-9-13(11(3)14)10-8-12-17(15,16)5-2/h12H,4-10H2,1-3H3. The van der Waals surface area contributed by atoms with Crippen molar-refractivity contribution in [3.63, 3.8) is 0 Å². The quantitative estimate of drug-likeness (QED) is 0.631. The van der Waals surface area contributed by atoms with E-state index < -0.39 is 10.0 Å². The smallest absolute Gasteiger partial charge is 0.219 e. The topological polar surface area (TPSA) is 66.5 Å². The molecule has 0 fully saturated rings. The first-order chi connectivity index (χ1) is 7.93. The number of sulfonamides is 1. The van der Waals surface area contributed by atoms with Crippen molar-refractivity contribution in [3.8, 4) is 0 Å². The van der Waals surface area contributed by atoms with Gasteiger partial charge in [-0.3, -0.25) is 4.79 Å². The Balaban J connectivity index is 3.97. The average molecular weight is 264 g/mol. The van der Waals surface area contributed by atoms with Gasteiger partial charge in [-0.2, -0.15) is 0 Å². The number of nitrogens with one attached hydrogen (secondary N) is 1. The van der Waals surface area contributed by atoms with E-state index in [4.69, 9.17) is 0 Å². The molecule has 1 amide bonds. The highest BCUT2D eigenvalue weighted by Gasteiger charge is 2.10. The lowest BCUT2D eigenvalue weighted by Crippen LogP contribution is -2.38. The zero-order valence-electron chi connectivity index (χ0n) is 11.0. The van der Waals surface area contributed by atoms with E-state index in [2.05, 4.69) is 11.6 Å². The summed E-state index contributed by atoms with van der Waals surface area (Å²) in [6.07, 6.45) is 3.16. The second kappa shape index (κ2) is 8.47. The molecule has 17 heavy (non-hydrogen) atoms. The lowest BCUT2D eigenvalue weighted by atomic mass is 10.2. The van der Waals surface area contributed by atoms with Crippen molar-refractivity contribution in [3.05, 3.63) is 0 Å². The predicted molar refractivity (Wildman–Crippen MR) is 69.2 cm³/mol. The molecular formula is C11H24N2O3S. The van der Waals surface area contributed by atoms with E-state index in [1.165, 1.54) is 6.92 Å². The van der Waals surface area contributed by atoms with Crippen LogP contribution in [0.5, 0.6) is 0 Å². The number of unbranched alkanes of at least 4 members (excludes halogenated alkanes) is 2. The van der Waals surface area contributed by atoms with Gasteiger partial charge in [-0.25, -0.2) is 13.1 Å². The maximum absolute atomic E-state index is 11.3. The number of amides is 1. The van der Waals surface area contributed by atoms with Crippen LogP contribution in [0, 0.1) is 0 Å². The number of carbonyl (C=O) groups excluding carboxylic acids is 1. The van der Waals surface area contributed by atoms with Gasteiger partial charge in [0, 0.05) is 26.6 Å². The molecule has 5 nitrogen and oxygen atoms in total. The molecule has 0 heterocycles. The van der Waals surface area contributed by atoms with Crippen LogP contribution in [0.4, 0.5) is 0 Å². The van der Waals surface area contributed by atoms with Crippen molar-refractivity contribution >= 4 is 15.9 Å². The third kappa shape index (κ3) is 8.15. The van der Waals surface area contributed by atoms with Gasteiger partial charge in [-0.15, -0.1) is 0 Å². The number of hydrogen-bond donors (Lipinski definition) is 1. The van der Waals surface area contributed by atoms with Gasteiger partial charge in [0.05, 0.1) is 5.75 Å². The monoisotopic (exact) mass is 264 g/mol. The molecule has 102 valence electrons. The minimum absolute atomic E-state index is 0.00296. The van der Waals surface area contributed by atoms with Crippen LogP contribution in [0.3, 0.4) is 0 Å². The summed E-state index contributed by atoms with van der Waals surface area (Å²) < 4.78 is 24.9. The van der Waals surface area contributed by atoms with Gasteiger partial charge in [-0.1, -0.05) is 19.8 Å². The molecule has 0 unspecified atom stereocenters. The van der Waals surface area contributed by atoms with Crippen LogP contribution in [0.1, 0.15) is 40.0 Å². The van der Waals surface area contributed by atoms with Gasteiger partial charge in [-0.05, 0) is 13.3 Å². The van der Waals surface area contributed by atoms with Crippen molar-refractivity contribution < 1.29 is 13.2 Å². The molecule has 0 aliphatic rings. The van der Waals surface area contributed by atoms with Gasteiger partial charge in [0.15, 0.2) is 0 Å². The van der Waals surface area contributed by atoms with Crippen molar-refractivity contribution in [2.24, 2.45) is 0 Å². The molecular weight excluding hydrogens is 240 g/mol. The highest BCUT2D eigenvalue weighted by atomic mass is 32.2. The van der Waals surface area contributed by atoms with Crippen LogP contribution >= 0.6 is 0 Å². The fourth-order valence-corrected chi connectivity index (χ4v) is 2.02. The third-order valence-electron chi connectivity index (χ3n) is 2.56. The van der Waals surface area contributed by atoms with Gasteiger partial charge in [0.25, 0.3) is 0 Å². The van der Waals surface area contributed by atoms with E-state index in [1.807, 2.05) is 0 Å². The lowest BCUT2D eigenvalue weighted by molar-refractivity contribution is -0.128. The Morgan fingerprint density at radius 2 is 1.82 bits per heavy atom. The van der Waals surface area contributed by atoms with Crippen LogP contribution in [0.2, 0.25) is 0 Å². The Hall–Kier alpha value is -0.620. The second-order valence-electron chi connectivity index (χ2n) is 4.01. The molecule has 0 aliphatic carbocycles. The summed E-state index contributed by atoms with van der Waals surface area (Å²) in [5.74, 6) is 0.0694. The van der Waals surface area contributed by atoms with Crippen molar-refractivity contribution in [2.45, 2.75) is 40.0 Å². The first-order valence-corrected chi connectivity index (χ1v) is 7.81. The van der Waals surface area contributed by atoms with E-state index in [0.29, 0.717) is 19.6 Å². The molecule has 0 aromatic carbocycles. The van der Waals surface area contributed by atoms with Gasteiger partial charge >= 0.3 is 0 Å². The molecule has 0 aliphatic heterocycles. The Morgan fingerprint density at radius 1 is 1.18 bits per heavy atom. The molecule has 0 rings (SSSR count). The average Bonchev–Trinajstić information content (AvgIpc) is 2.27. The summed E-state index contributed by atoms with van der Waals surface area (Å²) in [5, 5.41) is 0. The van der Waals surface area contributed by atoms with Crippen molar-refractivity contribution in [2.75, 3.05) is 25.4 Å². The van der Waals surface area contributed by atoms with Gasteiger partial charge in [0.1, 0.15) is 0 Å².